The van der Waals surface area contributed by atoms with E-state index < -0.39 is 0 Å². The van der Waals surface area contributed by atoms with E-state index in [-0.39, 0.29) is 24.6 Å². The molecule has 0 spiro atoms. The molecule has 1 aliphatic heterocycles. The molecule has 18 heavy (non-hydrogen) atoms. The molecule has 0 aromatic heterocycles. The lowest BCUT2D eigenvalue weighted by Crippen LogP contribution is -2.43. The van der Waals surface area contributed by atoms with Crippen LogP contribution >= 0.6 is 0 Å². The molecule has 1 aliphatic rings. The Morgan fingerprint density at radius 3 is 2.78 bits per heavy atom. The topological polar surface area (TPSA) is 55.6 Å². The number of benzene rings is 1. The van der Waals surface area contributed by atoms with Crippen molar-refractivity contribution in [1.82, 2.24) is 0 Å². The van der Waals surface area contributed by atoms with Gasteiger partial charge in [0.05, 0.1) is 5.69 Å². The van der Waals surface area contributed by atoms with Gasteiger partial charge < -0.3 is 15.4 Å². The lowest BCUT2D eigenvalue weighted by atomic mass is 10.0. The predicted octanol–water partition coefficient (Wildman–Crippen LogP) is 2.23. The normalized spacial score (nSPS) is 16.5. The minimum Gasteiger partial charge on any atom is -0.482 e. The van der Waals surface area contributed by atoms with Gasteiger partial charge in [0.15, 0.2) is 6.61 Å². The van der Waals surface area contributed by atoms with E-state index in [0.29, 0.717) is 0 Å². The van der Waals surface area contributed by atoms with E-state index in [1.807, 2.05) is 39.0 Å². The average molecular weight is 248 g/mol. The molecule has 98 valence electrons. The molecule has 1 atom stereocenters. The van der Waals surface area contributed by atoms with Crippen molar-refractivity contribution in [2.24, 2.45) is 5.73 Å². The van der Waals surface area contributed by atoms with Crippen LogP contribution in [-0.2, 0) is 4.79 Å². The molecule has 0 saturated heterocycles. The minimum absolute atomic E-state index is 0.000259. The molecule has 4 heteroatoms. The predicted molar refractivity (Wildman–Crippen MR) is 71.8 cm³/mol. The van der Waals surface area contributed by atoms with Crippen molar-refractivity contribution in [2.45, 2.75) is 39.3 Å². The van der Waals surface area contributed by atoms with Crippen LogP contribution in [0, 0.1) is 0 Å². The van der Waals surface area contributed by atoms with Crippen molar-refractivity contribution >= 4 is 11.6 Å². The fraction of sp³-hybridized carbons (Fsp3) is 0.500. The molecule has 4 nitrogen and oxygen atoms in total. The van der Waals surface area contributed by atoms with Gasteiger partial charge in [0.25, 0.3) is 5.91 Å². The van der Waals surface area contributed by atoms with Gasteiger partial charge >= 0.3 is 0 Å². The minimum atomic E-state index is -0.000259. The highest BCUT2D eigenvalue weighted by Crippen LogP contribution is 2.35. The molecule has 0 aliphatic carbocycles. The Bertz CT molecular complexity index is 457. The van der Waals surface area contributed by atoms with Gasteiger partial charge in [-0.2, -0.15) is 0 Å². The third kappa shape index (κ3) is 2.20. The number of ether oxygens (including phenoxy) is 1. The fourth-order valence-electron chi connectivity index (χ4n) is 2.22. The zero-order valence-corrected chi connectivity index (χ0v) is 11.1. The SMILES string of the molecule is CCC(N)c1ccc2c(c1)N(C(C)C)C(=O)CO2. The van der Waals surface area contributed by atoms with Crippen molar-refractivity contribution in [2.75, 3.05) is 11.5 Å². The molecule has 1 unspecified atom stereocenters. The Labute approximate surface area is 108 Å². The van der Waals surface area contributed by atoms with Crippen molar-refractivity contribution in [3.05, 3.63) is 23.8 Å². The molecule has 0 saturated carbocycles. The van der Waals surface area contributed by atoms with Crippen molar-refractivity contribution in [1.29, 1.82) is 0 Å². The summed E-state index contributed by atoms with van der Waals surface area (Å²) < 4.78 is 5.45. The van der Waals surface area contributed by atoms with Crippen molar-refractivity contribution < 1.29 is 9.53 Å². The zero-order chi connectivity index (χ0) is 13.3. The molecule has 1 aromatic rings. The number of hydrogen-bond acceptors (Lipinski definition) is 3. The number of hydrogen-bond donors (Lipinski definition) is 1. The van der Waals surface area contributed by atoms with Gasteiger partial charge in [0.1, 0.15) is 5.75 Å². The summed E-state index contributed by atoms with van der Waals surface area (Å²) in [5.41, 5.74) is 7.92. The van der Waals surface area contributed by atoms with E-state index >= 15 is 0 Å². The molecule has 0 bridgehead atoms. The Balaban J connectivity index is 2.45. The summed E-state index contributed by atoms with van der Waals surface area (Å²) in [5.74, 6) is 0.759. The molecule has 0 radical (unpaired) electrons. The van der Waals surface area contributed by atoms with E-state index in [1.165, 1.54) is 0 Å². The maximum atomic E-state index is 11.9. The maximum Gasteiger partial charge on any atom is 0.265 e. The molecule has 1 heterocycles. The Hall–Kier alpha value is -1.55. The number of nitrogens with zero attached hydrogens (tertiary/aromatic N) is 1. The van der Waals surface area contributed by atoms with Crippen LogP contribution in [0.4, 0.5) is 5.69 Å². The van der Waals surface area contributed by atoms with Gasteiger partial charge in [-0.15, -0.1) is 0 Å². The first-order valence-corrected chi connectivity index (χ1v) is 6.39. The molecular weight excluding hydrogens is 228 g/mol. The summed E-state index contributed by atoms with van der Waals surface area (Å²) in [7, 11) is 0. The first-order chi connectivity index (χ1) is 8.54. The van der Waals surface area contributed by atoms with E-state index in [4.69, 9.17) is 10.5 Å². The molecule has 1 amide bonds. The second-order valence-corrected chi connectivity index (χ2v) is 4.89. The van der Waals surface area contributed by atoms with E-state index in [2.05, 4.69) is 0 Å². The van der Waals surface area contributed by atoms with Crippen LogP contribution in [0.2, 0.25) is 0 Å². The Morgan fingerprint density at radius 1 is 1.44 bits per heavy atom. The summed E-state index contributed by atoms with van der Waals surface area (Å²) in [4.78, 5) is 13.7. The molecule has 1 aromatic carbocycles. The van der Waals surface area contributed by atoms with Crippen LogP contribution in [0.5, 0.6) is 5.75 Å². The maximum absolute atomic E-state index is 11.9. The van der Waals surface area contributed by atoms with Gasteiger partial charge in [-0.25, -0.2) is 0 Å². The molecule has 0 fully saturated rings. The number of carbonyl (C=O) groups excluding carboxylic acids is 1. The van der Waals surface area contributed by atoms with E-state index in [0.717, 1.165) is 23.4 Å². The van der Waals surface area contributed by atoms with Gasteiger partial charge in [-0.1, -0.05) is 13.0 Å². The summed E-state index contributed by atoms with van der Waals surface area (Å²) >= 11 is 0. The van der Waals surface area contributed by atoms with Crippen LogP contribution in [0.15, 0.2) is 18.2 Å². The van der Waals surface area contributed by atoms with Crippen LogP contribution < -0.4 is 15.4 Å². The summed E-state index contributed by atoms with van der Waals surface area (Å²) in [6.45, 7) is 6.16. The summed E-state index contributed by atoms with van der Waals surface area (Å²) in [6, 6.07) is 5.97. The zero-order valence-electron chi connectivity index (χ0n) is 11.1. The van der Waals surface area contributed by atoms with Crippen LogP contribution in [0.3, 0.4) is 0 Å². The third-order valence-electron chi connectivity index (χ3n) is 3.25. The van der Waals surface area contributed by atoms with E-state index in [1.54, 1.807) is 4.90 Å². The first-order valence-electron chi connectivity index (χ1n) is 6.39. The average Bonchev–Trinajstić information content (AvgIpc) is 2.36. The van der Waals surface area contributed by atoms with Crippen molar-refractivity contribution in [3.8, 4) is 5.75 Å². The molecular formula is C14H20N2O2. The van der Waals surface area contributed by atoms with Crippen molar-refractivity contribution in [3.63, 3.8) is 0 Å². The van der Waals surface area contributed by atoms with Crippen LogP contribution in [-0.4, -0.2) is 18.6 Å². The Morgan fingerprint density at radius 2 is 2.17 bits per heavy atom. The lowest BCUT2D eigenvalue weighted by molar-refractivity contribution is -0.121. The van der Waals surface area contributed by atoms with E-state index in [9.17, 15) is 4.79 Å². The number of nitrogens with two attached hydrogens (primary N) is 1. The number of anilines is 1. The number of carbonyl (C=O) groups is 1. The smallest absolute Gasteiger partial charge is 0.265 e. The first kappa shape index (κ1) is 12.9. The summed E-state index contributed by atoms with van der Waals surface area (Å²) in [6.07, 6.45) is 0.870. The van der Waals surface area contributed by atoms with Gasteiger partial charge in [0.2, 0.25) is 0 Å². The quantitative estimate of drug-likeness (QED) is 0.892. The molecule has 2 N–H and O–H groups in total. The Kier molecular flexibility index (Phi) is 3.57. The number of rotatable bonds is 3. The fourth-order valence-corrected chi connectivity index (χ4v) is 2.22. The number of fused-ring (bicyclic) bond motifs is 1. The highest BCUT2D eigenvalue weighted by Gasteiger charge is 2.28. The highest BCUT2D eigenvalue weighted by atomic mass is 16.5. The lowest BCUT2D eigenvalue weighted by Gasteiger charge is -2.33. The van der Waals surface area contributed by atoms with Crippen LogP contribution in [0.25, 0.3) is 0 Å². The second-order valence-electron chi connectivity index (χ2n) is 4.89. The third-order valence-corrected chi connectivity index (χ3v) is 3.25. The van der Waals surface area contributed by atoms with Crippen LogP contribution in [0.1, 0.15) is 38.8 Å². The molecule has 2 rings (SSSR count). The summed E-state index contributed by atoms with van der Waals surface area (Å²) in [5, 5.41) is 0. The number of amides is 1. The largest absolute Gasteiger partial charge is 0.482 e. The van der Waals surface area contributed by atoms with Gasteiger partial charge in [0, 0.05) is 12.1 Å². The van der Waals surface area contributed by atoms with Gasteiger partial charge in [-0.05, 0) is 38.0 Å². The second kappa shape index (κ2) is 4.98. The monoisotopic (exact) mass is 248 g/mol. The van der Waals surface area contributed by atoms with Gasteiger partial charge in [-0.3, -0.25) is 4.79 Å². The standard InChI is InChI=1S/C14H20N2O2/c1-4-11(15)10-5-6-13-12(7-10)16(9(2)3)14(17)8-18-13/h5-7,9,11H,4,8,15H2,1-3H3. The highest BCUT2D eigenvalue weighted by molar-refractivity contribution is 5.98.